The third-order valence-electron chi connectivity index (χ3n) is 3.73. The van der Waals surface area contributed by atoms with E-state index in [0.717, 1.165) is 31.4 Å². The van der Waals surface area contributed by atoms with Crippen LogP contribution in [0.2, 0.25) is 0 Å². The van der Waals surface area contributed by atoms with Gasteiger partial charge in [-0.15, -0.1) is 0 Å². The number of nitro benzene ring substituents is 1. The Kier molecular flexibility index (Phi) is 6.47. The lowest BCUT2D eigenvalue weighted by molar-refractivity contribution is -0.384. The fourth-order valence-electron chi connectivity index (χ4n) is 2.38. The Morgan fingerprint density at radius 2 is 1.86 bits per heavy atom. The summed E-state index contributed by atoms with van der Waals surface area (Å²) in [5.41, 5.74) is -0.235. The molecule has 0 aliphatic rings. The molecule has 0 spiro atoms. The first-order valence-corrected chi connectivity index (χ1v) is 9.38. The van der Waals surface area contributed by atoms with Crippen molar-refractivity contribution in [2.24, 2.45) is 0 Å². The summed E-state index contributed by atoms with van der Waals surface area (Å²) >= 11 is 0. The summed E-state index contributed by atoms with van der Waals surface area (Å²) in [6.45, 7) is 0. The highest BCUT2D eigenvalue weighted by Crippen LogP contribution is 2.24. The molecule has 0 saturated heterocycles. The number of aliphatic hydroxyl groups is 1. The number of amides is 1. The lowest BCUT2D eigenvalue weighted by Gasteiger charge is -2.08. The van der Waals surface area contributed by atoms with Gasteiger partial charge in [0, 0.05) is 12.1 Å². The zero-order chi connectivity index (χ0) is 21.6. The molecule has 0 radical (unpaired) electrons. The molecule has 0 unspecified atom stereocenters. The molecule has 0 bridgehead atoms. The highest BCUT2D eigenvalue weighted by Gasteiger charge is 2.27. The van der Waals surface area contributed by atoms with Gasteiger partial charge >= 0.3 is 11.6 Å². The van der Waals surface area contributed by atoms with E-state index >= 15 is 0 Å². The third-order valence-corrected chi connectivity index (χ3v) is 5.11. The average molecular weight is 419 g/mol. The molecule has 0 aliphatic heterocycles. The maximum Gasteiger partial charge on any atom is 0.471 e. The van der Waals surface area contributed by atoms with Crippen molar-refractivity contribution in [2.45, 2.75) is 11.3 Å². The first kappa shape index (κ1) is 21.3. The van der Waals surface area contributed by atoms with Gasteiger partial charge in [0.05, 0.1) is 28.9 Å². The Hall–Kier alpha value is -3.98. The van der Waals surface area contributed by atoms with Crippen molar-refractivity contribution in [3.8, 4) is 0 Å². The second kappa shape index (κ2) is 8.81. The van der Waals surface area contributed by atoms with Crippen molar-refractivity contribution in [3.63, 3.8) is 0 Å². The molecule has 29 heavy (non-hydrogen) atoms. The number of hydrogen-bond acceptors (Lipinski definition) is 8. The number of ether oxygens (including phenoxy) is 1. The minimum atomic E-state index is -4.26. The van der Waals surface area contributed by atoms with Gasteiger partial charge in [-0.2, -0.15) is 0 Å². The van der Waals surface area contributed by atoms with Crippen molar-refractivity contribution in [1.82, 2.24) is 4.72 Å². The number of carbonyl (C=O) groups is 1. The van der Waals surface area contributed by atoms with Crippen LogP contribution in [0.4, 0.5) is 5.69 Å². The molecule has 0 fully saturated rings. The summed E-state index contributed by atoms with van der Waals surface area (Å²) < 4.78 is 31.1. The molecule has 12 heteroatoms. The topological polar surface area (TPSA) is 164 Å². The smallest absolute Gasteiger partial charge is 0.471 e. The Bertz CT molecular complexity index is 1120. The predicted molar refractivity (Wildman–Crippen MR) is 100 cm³/mol. The second-order valence-electron chi connectivity index (χ2n) is 5.57. The van der Waals surface area contributed by atoms with Gasteiger partial charge in [-0.1, -0.05) is 18.2 Å². The normalized spacial score (nSPS) is 11.7. The van der Waals surface area contributed by atoms with Crippen LogP contribution in [-0.4, -0.2) is 31.5 Å². The fourth-order valence-corrected chi connectivity index (χ4v) is 3.36. The van der Waals surface area contributed by atoms with Gasteiger partial charge in [0.15, 0.2) is 4.98 Å². The maximum absolute atomic E-state index is 12.3. The molecule has 0 atom stereocenters. The number of benzene rings is 2. The van der Waals surface area contributed by atoms with Crippen LogP contribution in [0.1, 0.15) is 11.1 Å². The first-order valence-electron chi connectivity index (χ1n) is 7.90. The number of aliphatic hydroxyl groups excluding tert-OH is 1. The molecule has 2 rings (SSSR count). The molecule has 0 heterocycles. The number of nitrogens with zero attached hydrogens (tertiary/aromatic N) is 3. The van der Waals surface area contributed by atoms with E-state index in [1.807, 2.05) is 4.72 Å². The Morgan fingerprint density at radius 3 is 2.41 bits per heavy atom. The highest BCUT2D eigenvalue weighted by molar-refractivity contribution is 7.90. The van der Waals surface area contributed by atoms with Crippen LogP contribution in [0.5, 0.6) is 0 Å². The quantitative estimate of drug-likeness (QED) is 0.299. The van der Waals surface area contributed by atoms with E-state index in [2.05, 4.69) is 9.71 Å². The van der Waals surface area contributed by atoms with E-state index in [1.54, 1.807) is 12.1 Å². The van der Waals surface area contributed by atoms with Gasteiger partial charge < -0.3 is 9.84 Å². The van der Waals surface area contributed by atoms with Gasteiger partial charge in [0.1, 0.15) is 0 Å². The first-order chi connectivity index (χ1) is 13.7. The summed E-state index contributed by atoms with van der Waals surface area (Å²) in [6.07, 6.45) is -0.432. The number of diazo groups is 1. The number of carbonyl (C=O) groups excluding carboxylic acids is 1. The van der Waals surface area contributed by atoms with Crippen molar-refractivity contribution in [2.75, 3.05) is 7.11 Å². The molecule has 11 nitrogen and oxygen atoms in total. The molecule has 2 aromatic rings. The minimum absolute atomic E-state index is 0.150. The third kappa shape index (κ3) is 5.05. The predicted octanol–water partition coefficient (Wildman–Crippen LogP) is 2.33. The number of sulfonamides is 1. The Labute approximate surface area is 165 Å². The lowest BCUT2D eigenvalue weighted by Crippen LogP contribution is -2.32. The van der Waals surface area contributed by atoms with Crippen LogP contribution >= 0.6 is 0 Å². The van der Waals surface area contributed by atoms with Gasteiger partial charge in [-0.25, -0.2) is 13.1 Å². The molecular weight excluding hydrogens is 404 g/mol. The molecule has 0 aliphatic carbocycles. The maximum atomic E-state index is 12.3. The zero-order valence-corrected chi connectivity index (χ0v) is 15.8. The van der Waals surface area contributed by atoms with E-state index in [4.69, 9.17) is 5.39 Å². The highest BCUT2D eigenvalue weighted by atomic mass is 32.2. The van der Waals surface area contributed by atoms with Gasteiger partial charge in [0.25, 0.3) is 15.7 Å². The van der Waals surface area contributed by atoms with Crippen LogP contribution in [0.3, 0.4) is 0 Å². The van der Waals surface area contributed by atoms with Crippen LogP contribution in [0.15, 0.2) is 59.4 Å². The monoisotopic (exact) mass is 419 g/mol. The van der Waals surface area contributed by atoms with Crippen LogP contribution in [0, 0.1) is 15.5 Å². The Balaban J connectivity index is 2.26. The number of hydrogen-bond donors (Lipinski definition) is 2. The summed E-state index contributed by atoms with van der Waals surface area (Å²) in [7, 11) is -3.12. The minimum Gasteiger partial charge on any atom is -0.475 e. The number of rotatable bonds is 7. The van der Waals surface area contributed by atoms with Crippen molar-refractivity contribution in [3.05, 3.63) is 80.7 Å². The molecule has 0 saturated carbocycles. The number of nitrogens with one attached hydrogen (secondary N) is 1. The van der Waals surface area contributed by atoms with Crippen LogP contribution in [0.25, 0.3) is 10.7 Å². The van der Waals surface area contributed by atoms with Gasteiger partial charge in [-0.05, 0) is 23.8 Å². The van der Waals surface area contributed by atoms with E-state index in [-0.39, 0.29) is 27.4 Å². The number of nitro groups is 1. The van der Waals surface area contributed by atoms with Crippen molar-refractivity contribution < 1.29 is 28.0 Å². The standard InChI is InChI=1S/C17H14N4O7S/c1-28-17(23)16(19-18)14-5-3-2-4-11(14)10-15(22)20-29(26,27)13-8-6-12(7-9-13)21(24)25/h2-9H,10H2,1H3,(H-,20,22,23)/p+1/b17-16-. The number of non-ortho nitro benzene ring substituents is 1. The molecule has 150 valence electrons. The zero-order valence-electron chi connectivity index (χ0n) is 15.0. The largest absolute Gasteiger partial charge is 0.475 e. The SMILES string of the molecule is CO/C(O)=C(\[N+]#N)c1ccccc1CC(=O)NS(=O)(=O)c1ccc([N+](=O)[O-])cc1. The molecule has 0 aromatic heterocycles. The van der Waals surface area contributed by atoms with Gasteiger partial charge in [-0.3, -0.25) is 14.9 Å². The van der Waals surface area contributed by atoms with E-state index in [1.165, 1.54) is 12.1 Å². The summed E-state index contributed by atoms with van der Waals surface area (Å²) in [4.78, 5) is 24.9. The molecule has 1 amide bonds. The number of methoxy groups -OCH3 is 1. The molecular formula is C17H15N4O7S+. The van der Waals surface area contributed by atoms with E-state index in [0.29, 0.717) is 0 Å². The van der Waals surface area contributed by atoms with E-state index < -0.39 is 33.2 Å². The van der Waals surface area contributed by atoms with E-state index in [9.17, 15) is 28.4 Å². The second-order valence-corrected chi connectivity index (χ2v) is 7.25. The van der Waals surface area contributed by atoms with Crippen LogP contribution in [-0.2, 0) is 26.0 Å². The molecule has 2 aromatic carbocycles. The fraction of sp³-hybridized carbons (Fsp3) is 0.118. The average Bonchev–Trinajstić information content (AvgIpc) is 2.69. The van der Waals surface area contributed by atoms with Crippen molar-refractivity contribution >= 4 is 27.3 Å². The summed E-state index contributed by atoms with van der Waals surface area (Å²) in [6, 6.07) is 10.0. The summed E-state index contributed by atoms with van der Waals surface area (Å²) in [5.74, 6) is -1.61. The Morgan fingerprint density at radius 1 is 1.24 bits per heavy atom. The molecule has 2 N–H and O–H groups in total. The van der Waals surface area contributed by atoms with Gasteiger partial charge in [0.2, 0.25) is 11.3 Å². The lowest BCUT2D eigenvalue weighted by atomic mass is 10.0. The van der Waals surface area contributed by atoms with Crippen LogP contribution < -0.4 is 4.72 Å². The van der Waals surface area contributed by atoms with Crippen molar-refractivity contribution in [1.29, 1.82) is 5.39 Å². The summed E-state index contributed by atoms with van der Waals surface area (Å²) in [5, 5.41) is 29.5.